The molecule has 2 rings (SSSR count). The standard InChI is InChI=1S/C16H15BrClFO2/c1-20-15-8-11(13(18)9-16(15)21-2)12(17)7-10-5-3-4-6-14(10)19/h3-6,8-9,12H,7H2,1-2H3. The van der Waals surface area contributed by atoms with Crippen molar-refractivity contribution < 1.29 is 13.9 Å². The van der Waals surface area contributed by atoms with Gasteiger partial charge in [-0.25, -0.2) is 4.39 Å². The highest BCUT2D eigenvalue weighted by atomic mass is 79.9. The molecule has 0 heterocycles. The average molecular weight is 374 g/mol. The zero-order valence-electron chi connectivity index (χ0n) is 11.7. The largest absolute Gasteiger partial charge is 0.493 e. The van der Waals surface area contributed by atoms with Crippen molar-refractivity contribution in [1.82, 2.24) is 0 Å². The van der Waals surface area contributed by atoms with Gasteiger partial charge in [-0.15, -0.1) is 0 Å². The Morgan fingerprint density at radius 1 is 1.14 bits per heavy atom. The molecule has 0 bridgehead atoms. The van der Waals surface area contributed by atoms with Gasteiger partial charge in [-0.05, 0) is 29.7 Å². The molecule has 0 fully saturated rings. The normalized spacial score (nSPS) is 12.0. The smallest absolute Gasteiger partial charge is 0.162 e. The molecule has 2 nitrogen and oxygen atoms in total. The van der Waals surface area contributed by atoms with E-state index in [-0.39, 0.29) is 10.6 Å². The van der Waals surface area contributed by atoms with E-state index in [0.717, 1.165) is 5.56 Å². The summed E-state index contributed by atoms with van der Waals surface area (Å²) in [7, 11) is 3.12. The Kier molecular flexibility index (Phi) is 5.48. The maximum Gasteiger partial charge on any atom is 0.162 e. The number of alkyl halides is 1. The van der Waals surface area contributed by atoms with Crippen LogP contribution in [0, 0.1) is 5.82 Å². The van der Waals surface area contributed by atoms with Gasteiger partial charge in [0.1, 0.15) is 5.82 Å². The quantitative estimate of drug-likeness (QED) is 0.673. The lowest BCUT2D eigenvalue weighted by molar-refractivity contribution is 0.354. The molecule has 0 radical (unpaired) electrons. The van der Waals surface area contributed by atoms with Crippen molar-refractivity contribution in [1.29, 1.82) is 0 Å². The van der Waals surface area contributed by atoms with Crippen molar-refractivity contribution in [2.24, 2.45) is 0 Å². The summed E-state index contributed by atoms with van der Waals surface area (Å²) in [6.07, 6.45) is 0.488. The van der Waals surface area contributed by atoms with E-state index in [1.165, 1.54) is 6.07 Å². The highest BCUT2D eigenvalue weighted by molar-refractivity contribution is 9.09. The molecule has 1 unspecified atom stereocenters. The van der Waals surface area contributed by atoms with E-state index in [1.807, 2.05) is 6.07 Å². The van der Waals surface area contributed by atoms with Crippen LogP contribution in [0.2, 0.25) is 5.02 Å². The van der Waals surface area contributed by atoms with Crippen LogP contribution in [0.3, 0.4) is 0 Å². The van der Waals surface area contributed by atoms with Gasteiger partial charge in [0, 0.05) is 15.9 Å². The molecule has 2 aromatic carbocycles. The predicted octanol–water partition coefficient (Wildman–Crippen LogP) is 5.18. The van der Waals surface area contributed by atoms with Crippen molar-refractivity contribution in [3.63, 3.8) is 0 Å². The zero-order valence-corrected chi connectivity index (χ0v) is 14.0. The molecule has 0 amide bonds. The van der Waals surface area contributed by atoms with E-state index in [0.29, 0.717) is 28.5 Å². The first-order valence-corrected chi connectivity index (χ1v) is 7.65. The van der Waals surface area contributed by atoms with E-state index in [1.54, 1.807) is 38.5 Å². The van der Waals surface area contributed by atoms with Gasteiger partial charge >= 0.3 is 0 Å². The molecule has 0 aromatic heterocycles. The van der Waals surface area contributed by atoms with Crippen molar-refractivity contribution in [3.8, 4) is 11.5 Å². The molecule has 112 valence electrons. The van der Waals surface area contributed by atoms with E-state index < -0.39 is 0 Å². The molecule has 21 heavy (non-hydrogen) atoms. The highest BCUT2D eigenvalue weighted by Gasteiger charge is 2.18. The topological polar surface area (TPSA) is 18.5 Å². The number of methoxy groups -OCH3 is 2. The van der Waals surface area contributed by atoms with E-state index >= 15 is 0 Å². The third kappa shape index (κ3) is 3.69. The third-order valence-electron chi connectivity index (χ3n) is 3.20. The van der Waals surface area contributed by atoms with E-state index in [2.05, 4.69) is 15.9 Å². The Balaban J connectivity index is 2.31. The molecule has 0 saturated heterocycles. The summed E-state index contributed by atoms with van der Waals surface area (Å²) in [5.74, 6) is 0.935. The van der Waals surface area contributed by atoms with Gasteiger partial charge in [0.05, 0.1) is 14.2 Å². The summed E-state index contributed by atoms with van der Waals surface area (Å²) in [6, 6.07) is 10.2. The number of hydrogen-bond acceptors (Lipinski definition) is 2. The fourth-order valence-corrected chi connectivity index (χ4v) is 3.22. The molecule has 0 saturated carbocycles. The first-order valence-electron chi connectivity index (χ1n) is 6.35. The summed E-state index contributed by atoms with van der Waals surface area (Å²) in [6.45, 7) is 0. The highest BCUT2D eigenvalue weighted by Crippen LogP contribution is 2.39. The van der Waals surface area contributed by atoms with Gasteiger partial charge in [-0.3, -0.25) is 0 Å². The number of ether oxygens (including phenoxy) is 2. The number of benzene rings is 2. The molecule has 0 aliphatic rings. The maximum atomic E-state index is 13.7. The number of hydrogen-bond donors (Lipinski definition) is 0. The monoisotopic (exact) mass is 372 g/mol. The van der Waals surface area contributed by atoms with Crippen LogP contribution in [0.15, 0.2) is 36.4 Å². The van der Waals surface area contributed by atoms with Crippen LogP contribution < -0.4 is 9.47 Å². The Labute approximate surface area is 137 Å². The minimum absolute atomic E-state index is 0.123. The Bertz CT molecular complexity index is 634. The summed E-state index contributed by atoms with van der Waals surface area (Å²) in [5, 5.41) is 0.547. The molecule has 0 spiro atoms. The zero-order chi connectivity index (χ0) is 15.4. The van der Waals surface area contributed by atoms with Crippen LogP contribution in [0.4, 0.5) is 4.39 Å². The molecular formula is C16H15BrClFO2. The van der Waals surface area contributed by atoms with Crippen LogP contribution in [-0.2, 0) is 6.42 Å². The number of rotatable bonds is 5. The summed E-state index contributed by atoms with van der Waals surface area (Å²) >= 11 is 9.85. The van der Waals surface area contributed by atoms with Gasteiger partial charge in [0.15, 0.2) is 11.5 Å². The minimum Gasteiger partial charge on any atom is -0.493 e. The van der Waals surface area contributed by atoms with Gasteiger partial charge < -0.3 is 9.47 Å². The van der Waals surface area contributed by atoms with Crippen LogP contribution in [0.25, 0.3) is 0 Å². The van der Waals surface area contributed by atoms with Crippen molar-refractivity contribution >= 4 is 27.5 Å². The van der Waals surface area contributed by atoms with Gasteiger partial charge in [0.2, 0.25) is 0 Å². The molecule has 5 heteroatoms. The summed E-state index contributed by atoms with van der Waals surface area (Å²) < 4.78 is 24.2. The Hall–Kier alpha value is -1.26. The van der Waals surface area contributed by atoms with Crippen molar-refractivity contribution in [2.45, 2.75) is 11.2 Å². The van der Waals surface area contributed by atoms with E-state index in [4.69, 9.17) is 21.1 Å². The first-order chi connectivity index (χ1) is 10.1. The SMILES string of the molecule is COc1cc(Cl)c(C(Br)Cc2ccccc2F)cc1OC. The molecule has 0 aliphatic carbocycles. The fraction of sp³-hybridized carbons (Fsp3) is 0.250. The second-order valence-electron chi connectivity index (χ2n) is 4.49. The second-order valence-corrected chi connectivity index (χ2v) is 6.00. The first kappa shape index (κ1) is 16.1. The van der Waals surface area contributed by atoms with Crippen LogP contribution in [0.1, 0.15) is 16.0 Å². The molecule has 2 aromatic rings. The minimum atomic E-state index is -0.224. The average Bonchev–Trinajstić information content (AvgIpc) is 2.49. The molecule has 0 N–H and O–H groups in total. The summed E-state index contributed by atoms with van der Waals surface area (Å²) in [4.78, 5) is -0.123. The summed E-state index contributed by atoms with van der Waals surface area (Å²) in [5.41, 5.74) is 1.46. The fourth-order valence-electron chi connectivity index (χ4n) is 2.08. The predicted molar refractivity (Wildman–Crippen MR) is 86.3 cm³/mol. The third-order valence-corrected chi connectivity index (χ3v) is 4.34. The molecule has 1 atom stereocenters. The van der Waals surface area contributed by atoms with Crippen LogP contribution in [-0.4, -0.2) is 14.2 Å². The lowest BCUT2D eigenvalue weighted by Crippen LogP contribution is -2.00. The Morgan fingerprint density at radius 2 is 1.76 bits per heavy atom. The molecule has 0 aliphatic heterocycles. The number of halogens is 3. The lowest BCUT2D eigenvalue weighted by Gasteiger charge is -2.16. The van der Waals surface area contributed by atoms with Gasteiger partial charge in [-0.2, -0.15) is 0 Å². The second kappa shape index (κ2) is 7.14. The van der Waals surface area contributed by atoms with Gasteiger partial charge in [0.25, 0.3) is 0 Å². The lowest BCUT2D eigenvalue weighted by atomic mass is 10.0. The van der Waals surface area contributed by atoms with Crippen molar-refractivity contribution in [3.05, 3.63) is 58.4 Å². The van der Waals surface area contributed by atoms with Crippen LogP contribution in [0.5, 0.6) is 11.5 Å². The molecular weight excluding hydrogens is 359 g/mol. The van der Waals surface area contributed by atoms with Crippen LogP contribution >= 0.6 is 27.5 Å². The maximum absolute atomic E-state index is 13.7. The van der Waals surface area contributed by atoms with E-state index in [9.17, 15) is 4.39 Å². The Morgan fingerprint density at radius 3 is 2.38 bits per heavy atom. The van der Waals surface area contributed by atoms with Crippen molar-refractivity contribution in [2.75, 3.05) is 14.2 Å². The van der Waals surface area contributed by atoms with Gasteiger partial charge in [-0.1, -0.05) is 45.7 Å².